The van der Waals surface area contributed by atoms with Crippen molar-refractivity contribution < 1.29 is 5.11 Å². The molecule has 0 aromatic carbocycles. The van der Waals surface area contributed by atoms with E-state index in [-0.39, 0.29) is 5.60 Å². The summed E-state index contributed by atoms with van der Waals surface area (Å²) in [5, 5.41) is 9.93. The summed E-state index contributed by atoms with van der Waals surface area (Å²) < 4.78 is 0. The molecule has 72 valence electrons. The van der Waals surface area contributed by atoms with Crippen molar-refractivity contribution in [3.63, 3.8) is 0 Å². The highest BCUT2D eigenvalue weighted by atomic mass is 16.3. The van der Waals surface area contributed by atoms with E-state index in [1.807, 2.05) is 0 Å². The topological polar surface area (TPSA) is 20.2 Å². The molecular weight excluding hydrogens is 148 g/mol. The van der Waals surface area contributed by atoms with Crippen LogP contribution in [0.15, 0.2) is 0 Å². The van der Waals surface area contributed by atoms with Gasteiger partial charge in [0.05, 0.1) is 5.60 Å². The van der Waals surface area contributed by atoms with E-state index < -0.39 is 0 Å². The van der Waals surface area contributed by atoms with Crippen LogP contribution in [0, 0.1) is 17.3 Å². The average molecular weight is 170 g/mol. The van der Waals surface area contributed by atoms with E-state index in [9.17, 15) is 5.11 Å². The van der Waals surface area contributed by atoms with Crippen LogP contribution in [0.3, 0.4) is 0 Å². The lowest BCUT2D eigenvalue weighted by molar-refractivity contribution is 0.0777. The Hall–Kier alpha value is -0.0400. The van der Waals surface area contributed by atoms with Gasteiger partial charge in [-0.2, -0.15) is 0 Å². The minimum Gasteiger partial charge on any atom is -0.390 e. The van der Waals surface area contributed by atoms with E-state index in [4.69, 9.17) is 0 Å². The van der Waals surface area contributed by atoms with Gasteiger partial charge >= 0.3 is 0 Å². The zero-order valence-electron chi connectivity index (χ0n) is 9.02. The lowest BCUT2D eigenvalue weighted by atomic mass is 9.78. The van der Waals surface area contributed by atoms with Gasteiger partial charge in [-0.1, -0.05) is 34.6 Å². The maximum absolute atomic E-state index is 9.93. The third-order valence-electron chi connectivity index (χ3n) is 3.55. The van der Waals surface area contributed by atoms with Crippen LogP contribution in [0.25, 0.3) is 0 Å². The number of hydrogen-bond donors (Lipinski definition) is 1. The van der Waals surface area contributed by atoms with Gasteiger partial charge in [-0.15, -0.1) is 0 Å². The Balaban J connectivity index is 2.42. The molecule has 0 spiro atoms. The average Bonchev–Trinajstić information content (AvgIpc) is 2.37. The van der Waals surface area contributed by atoms with Crippen LogP contribution in [0.2, 0.25) is 0 Å². The molecule has 3 unspecified atom stereocenters. The van der Waals surface area contributed by atoms with Crippen molar-refractivity contribution in [1.29, 1.82) is 0 Å². The van der Waals surface area contributed by atoms with E-state index >= 15 is 0 Å². The van der Waals surface area contributed by atoms with Crippen LogP contribution in [0.4, 0.5) is 0 Å². The summed E-state index contributed by atoms with van der Waals surface area (Å²) in [4.78, 5) is 0. The normalized spacial score (nSPS) is 38.0. The maximum Gasteiger partial charge on any atom is 0.0680 e. The Morgan fingerprint density at radius 2 is 1.92 bits per heavy atom. The fourth-order valence-electron chi connectivity index (χ4n) is 1.59. The summed E-state index contributed by atoms with van der Waals surface area (Å²) in [6, 6.07) is 0. The van der Waals surface area contributed by atoms with Crippen LogP contribution in [-0.2, 0) is 0 Å². The first-order chi connectivity index (χ1) is 5.26. The lowest BCUT2D eigenvalue weighted by Crippen LogP contribution is -2.24. The molecule has 0 radical (unpaired) electrons. The molecule has 12 heavy (non-hydrogen) atoms. The van der Waals surface area contributed by atoms with Crippen molar-refractivity contribution in [1.82, 2.24) is 0 Å². The van der Waals surface area contributed by atoms with Crippen molar-refractivity contribution in [3.8, 4) is 0 Å². The molecule has 0 heterocycles. The summed E-state index contributed by atoms with van der Waals surface area (Å²) in [6.45, 7) is 11.1. The Morgan fingerprint density at radius 3 is 2.17 bits per heavy atom. The second-order valence-corrected chi connectivity index (χ2v) is 5.68. The molecule has 0 aliphatic heterocycles. The monoisotopic (exact) mass is 170 g/mol. The highest BCUT2D eigenvalue weighted by Gasteiger charge is 2.50. The molecule has 0 saturated heterocycles. The molecule has 0 amide bonds. The first-order valence-electron chi connectivity index (χ1n) is 4.98. The molecule has 1 saturated carbocycles. The second kappa shape index (κ2) is 2.73. The Bertz CT molecular complexity index is 168. The van der Waals surface area contributed by atoms with Gasteiger partial charge in [-0.25, -0.2) is 0 Å². The van der Waals surface area contributed by atoms with E-state index in [2.05, 4.69) is 34.6 Å². The summed E-state index contributed by atoms with van der Waals surface area (Å²) in [7, 11) is 0. The van der Waals surface area contributed by atoms with Crippen molar-refractivity contribution in [3.05, 3.63) is 0 Å². The minimum atomic E-state index is -0.313. The number of aliphatic hydroxyl groups is 1. The summed E-state index contributed by atoms with van der Waals surface area (Å²) >= 11 is 0. The third kappa shape index (κ3) is 2.01. The van der Waals surface area contributed by atoms with Crippen LogP contribution >= 0.6 is 0 Å². The smallest absolute Gasteiger partial charge is 0.0680 e. The van der Waals surface area contributed by atoms with Crippen LogP contribution < -0.4 is 0 Å². The SMILES string of the molecule is CC(CC1(O)CC1C)C(C)(C)C. The molecule has 1 heteroatoms. The Kier molecular flexibility index (Phi) is 2.28. The maximum atomic E-state index is 9.93. The second-order valence-electron chi connectivity index (χ2n) is 5.68. The first-order valence-corrected chi connectivity index (χ1v) is 4.98. The van der Waals surface area contributed by atoms with Crippen LogP contribution in [-0.4, -0.2) is 10.7 Å². The molecule has 0 aromatic rings. The minimum absolute atomic E-state index is 0.313. The standard InChI is InChI=1S/C11H22O/c1-8(10(3,4)5)6-11(12)7-9(11)2/h8-9,12H,6-7H2,1-5H3. The molecule has 1 N–H and O–H groups in total. The zero-order valence-corrected chi connectivity index (χ0v) is 9.02. The first kappa shape index (κ1) is 10.0. The summed E-state index contributed by atoms with van der Waals surface area (Å²) in [5.74, 6) is 1.13. The Morgan fingerprint density at radius 1 is 1.50 bits per heavy atom. The predicted octanol–water partition coefficient (Wildman–Crippen LogP) is 2.83. The van der Waals surface area contributed by atoms with E-state index in [0.29, 0.717) is 17.3 Å². The molecule has 1 aliphatic carbocycles. The predicted molar refractivity (Wildman–Crippen MR) is 52.0 cm³/mol. The molecule has 1 fully saturated rings. The van der Waals surface area contributed by atoms with Gasteiger partial charge in [0.15, 0.2) is 0 Å². The van der Waals surface area contributed by atoms with Gasteiger partial charge in [0, 0.05) is 0 Å². The molecule has 1 rings (SSSR count). The third-order valence-corrected chi connectivity index (χ3v) is 3.55. The summed E-state index contributed by atoms with van der Waals surface area (Å²) in [5.41, 5.74) is 0.0186. The lowest BCUT2D eigenvalue weighted by Gasteiger charge is -2.29. The fourth-order valence-corrected chi connectivity index (χ4v) is 1.59. The van der Waals surface area contributed by atoms with Gasteiger partial charge < -0.3 is 5.11 Å². The Labute approximate surface area is 76.2 Å². The molecular formula is C11H22O. The number of rotatable bonds is 2. The van der Waals surface area contributed by atoms with Gasteiger partial charge in [0.2, 0.25) is 0 Å². The van der Waals surface area contributed by atoms with Gasteiger partial charge in [0.1, 0.15) is 0 Å². The van der Waals surface area contributed by atoms with Crippen molar-refractivity contribution in [2.24, 2.45) is 17.3 Å². The van der Waals surface area contributed by atoms with E-state index in [0.717, 1.165) is 12.8 Å². The van der Waals surface area contributed by atoms with Crippen molar-refractivity contribution >= 4 is 0 Å². The molecule has 0 bridgehead atoms. The van der Waals surface area contributed by atoms with Gasteiger partial charge in [-0.05, 0) is 30.1 Å². The van der Waals surface area contributed by atoms with Gasteiger partial charge in [0.25, 0.3) is 0 Å². The van der Waals surface area contributed by atoms with E-state index in [1.54, 1.807) is 0 Å². The van der Waals surface area contributed by atoms with Gasteiger partial charge in [-0.3, -0.25) is 0 Å². The zero-order chi connectivity index (χ0) is 9.57. The highest BCUT2D eigenvalue weighted by Crippen LogP contribution is 2.49. The van der Waals surface area contributed by atoms with Crippen LogP contribution in [0.1, 0.15) is 47.5 Å². The van der Waals surface area contributed by atoms with Crippen molar-refractivity contribution in [2.45, 2.75) is 53.1 Å². The molecule has 0 aromatic heterocycles. The highest BCUT2D eigenvalue weighted by molar-refractivity contribution is 5.02. The number of hydrogen-bond acceptors (Lipinski definition) is 1. The van der Waals surface area contributed by atoms with Crippen molar-refractivity contribution in [2.75, 3.05) is 0 Å². The van der Waals surface area contributed by atoms with Crippen LogP contribution in [0.5, 0.6) is 0 Å². The molecule has 3 atom stereocenters. The summed E-state index contributed by atoms with van der Waals surface area (Å²) in [6.07, 6.45) is 1.98. The molecule has 1 nitrogen and oxygen atoms in total. The quantitative estimate of drug-likeness (QED) is 0.675. The van der Waals surface area contributed by atoms with E-state index in [1.165, 1.54) is 0 Å². The fraction of sp³-hybridized carbons (Fsp3) is 1.00. The largest absolute Gasteiger partial charge is 0.390 e. The molecule has 1 aliphatic rings.